The Hall–Kier alpha value is -2.40. The Morgan fingerprint density at radius 3 is 2.70 bits per heavy atom. The van der Waals surface area contributed by atoms with E-state index in [2.05, 4.69) is 24.3 Å². The molecule has 23 heavy (non-hydrogen) atoms. The number of nitrogens with zero attached hydrogens (tertiary/aromatic N) is 1. The summed E-state index contributed by atoms with van der Waals surface area (Å²) in [6.45, 7) is 0.641. The Labute approximate surface area is 139 Å². The van der Waals surface area contributed by atoms with E-state index in [-0.39, 0.29) is 14.9 Å². The Balaban J connectivity index is 0.00000192. The number of aryl methyl sites for hydroxylation is 1. The molecule has 1 aliphatic heterocycles. The molecule has 0 unspecified atom stereocenters. The van der Waals surface area contributed by atoms with Crippen LogP contribution in [0.4, 0.5) is 0 Å². The third kappa shape index (κ3) is 3.51. The molecule has 0 aliphatic carbocycles. The zero-order chi connectivity index (χ0) is 15.5. The fourth-order valence-corrected chi connectivity index (χ4v) is 3.26. The number of likely N-dealkylation sites (tertiary alicyclic amines) is 1. The van der Waals surface area contributed by atoms with E-state index in [1.807, 2.05) is 18.2 Å². The minimum atomic E-state index is -0.417. The monoisotopic (exact) mass is 317 g/mol. The van der Waals surface area contributed by atoms with Gasteiger partial charge in [0.15, 0.2) is 0 Å². The van der Waals surface area contributed by atoms with Gasteiger partial charge in [0.05, 0.1) is 0 Å². The van der Waals surface area contributed by atoms with Crippen molar-refractivity contribution in [2.24, 2.45) is 5.73 Å². The fraction of sp³-hybridized carbons (Fsp3) is 0.333. The molecule has 126 valence electrons. The first-order chi connectivity index (χ1) is 10.7. The quantitative estimate of drug-likeness (QED) is 0.907. The van der Waals surface area contributed by atoms with Crippen molar-refractivity contribution in [3.63, 3.8) is 0 Å². The van der Waals surface area contributed by atoms with Crippen LogP contribution in [0.1, 0.15) is 27.7 Å². The third-order valence-corrected chi connectivity index (χ3v) is 4.39. The maximum atomic E-state index is 12.4. The van der Waals surface area contributed by atoms with Crippen LogP contribution >= 0.6 is 0 Å². The van der Waals surface area contributed by atoms with E-state index >= 15 is 0 Å². The lowest BCUT2D eigenvalue weighted by atomic mass is 10.0. The van der Waals surface area contributed by atoms with Crippen LogP contribution < -0.4 is 11.9 Å². The summed E-state index contributed by atoms with van der Waals surface area (Å²) in [7, 11) is 0. The standard InChI is InChI=1S/C18H20N2O2.H3N.2H2/c19-18(22)16-9-4-12-20(16)17(21)11-10-14-7-3-6-13-5-1-2-8-15(13)14;;;/h1-3,5-8,16H,4,9-12H2,(H2,19,22);1H3;2*1H/t16-;;;/m0.../s1. The molecule has 2 aromatic rings. The molecule has 0 spiro atoms. The van der Waals surface area contributed by atoms with Crippen LogP contribution in [0.3, 0.4) is 0 Å². The minimum Gasteiger partial charge on any atom is -0.368 e. The molecule has 3 rings (SSSR count). The molecule has 0 radical (unpaired) electrons. The molecule has 5 heteroatoms. The summed E-state index contributed by atoms with van der Waals surface area (Å²) < 4.78 is 0. The van der Waals surface area contributed by atoms with Gasteiger partial charge in [0.1, 0.15) is 6.04 Å². The fourth-order valence-electron chi connectivity index (χ4n) is 3.26. The molecule has 1 fully saturated rings. The molecule has 5 N–H and O–H groups in total. The van der Waals surface area contributed by atoms with Gasteiger partial charge >= 0.3 is 0 Å². The first kappa shape index (κ1) is 17.0. The number of rotatable bonds is 4. The predicted molar refractivity (Wildman–Crippen MR) is 95.4 cm³/mol. The predicted octanol–water partition coefficient (Wildman–Crippen LogP) is 2.90. The van der Waals surface area contributed by atoms with Crippen LogP contribution in [0.25, 0.3) is 10.8 Å². The molecular formula is C18H27N3O2. The smallest absolute Gasteiger partial charge is 0.240 e. The summed E-state index contributed by atoms with van der Waals surface area (Å²) in [5.74, 6) is -0.370. The summed E-state index contributed by atoms with van der Waals surface area (Å²) in [6, 6.07) is 13.9. The Morgan fingerprint density at radius 2 is 1.91 bits per heavy atom. The van der Waals surface area contributed by atoms with Crippen molar-refractivity contribution in [3.05, 3.63) is 48.0 Å². The zero-order valence-electron chi connectivity index (χ0n) is 13.2. The molecule has 0 bridgehead atoms. The molecule has 5 nitrogen and oxygen atoms in total. The van der Waals surface area contributed by atoms with Gasteiger partial charge in [-0.1, -0.05) is 42.5 Å². The summed E-state index contributed by atoms with van der Waals surface area (Å²) in [5.41, 5.74) is 6.54. The van der Waals surface area contributed by atoms with E-state index in [4.69, 9.17) is 5.73 Å². The molecule has 0 aromatic heterocycles. The van der Waals surface area contributed by atoms with Gasteiger partial charge in [-0.15, -0.1) is 0 Å². The average Bonchev–Trinajstić information content (AvgIpc) is 3.02. The van der Waals surface area contributed by atoms with E-state index in [1.54, 1.807) is 4.90 Å². The molecule has 2 amide bonds. The van der Waals surface area contributed by atoms with Crippen molar-refractivity contribution in [3.8, 4) is 0 Å². The van der Waals surface area contributed by atoms with Gasteiger partial charge in [-0.2, -0.15) is 0 Å². The second kappa shape index (κ2) is 7.24. The van der Waals surface area contributed by atoms with Crippen LogP contribution in [0.5, 0.6) is 0 Å². The number of hydrogen-bond acceptors (Lipinski definition) is 3. The first-order valence-electron chi connectivity index (χ1n) is 7.72. The number of nitrogens with two attached hydrogens (primary N) is 1. The van der Waals surface area contributed by atoms with Crippen LogP contribution in [0.15, 0.2) is 42.5 Å². The van der Waals surface area contributed by atoms with Gasteiger partial charge in [0, 0.05) is 15.8 Å². The second-order valence-corrected chi connectivity index (χ2v) is 5.79. The van der Waals surface area contributed by atoms with E-state index in [9.17, 15) is 9.59 Å². The van der Waals surface area contributed by atoms with Crippen LogP contribution in [0.2, 0.25) is 0 Å². The van der Waals surface area contributed by atoms with Crippen LogP contribution in [0, 0.1) is 0 Å². The first-order valence-corrected chi connectivity index (χ1v) is 7.72. The number of primary amides is 1. The molecular weight excluding hydrogens is 290 g/mol. The van der Waals surface area contributed by atoms with Crippen molar-refractivity contribution >= 4 is 22.6 Å². The zero-order valence-corrected chi connectivity index (χ0v) is 13.2. The number of carbonyl (C=O) groups is 2. The Morgan fingerprint density at radius 1 is 1.17 bits per heavy atom. The molecule has 1 aliphatic rings. The lowest BCUT2D eigenvalue weighted by Crippen LogP contribution is -2.43. The van der Waals surface area contributed by atoms with Gasteiger partial charge in [0.25, 0.3) is 0 Å². The Bertz CT molecular complexity index is 719. The summed E-state index contributed by atoms with van der Waals surface area (Å²) >= 11 is 0. The maximum Gasteiger partial charge on any atom is 0.240 e. The van der Waals surface area contributed by atoms with Crippen molar-refractivity contribution in [1.82, 2.24) is 11.1 Å². The van der Waals surface area contributed by atoms with Gasteiger partial charge in [-0.3, -0.25) is 9.59 Å². The third-order valence-electron chi connectivity index (χ3n) is 4.39. The van der Waals surface area contributed by atoms with Crippen molar-refractivity contribution < 1.29 is 12.4 Å². The normalized spacial score (nSPS) is 17.0. The van der Waals surface area contributed by atoms with Crippen molar-refractivity contribution in [1.29, 1.82) is 0 Å². The highest BCUT2D eigenvalue weighted by molar-refractivity contribution is 5.88. The van der Waals surface area contributed by atoms with Crippen molar-refractivity contribution in [2.45, 2.75) is 31.7 Å². The average molecular weight is 317 g/mol. The Kier molecular flexibility index (Phi) is 5.34. The molecule has 1 saturated heterocycles. The summed E-state index contributed by atoms with van der Waals surface area (Å²) in [5, 5.41) is 2.37. The lowest BCUT2D eigenvalue weighted by molar-refractivity contribution is -0.137. The molecule has 2 aromatic carbocycles. The number of hydrogen-bond donors (Lipinski definition) is 2. The highest BCUT2D eigenvalue weighted by atomic mass is 16.2. The maximum absolute atomic E-state index is 12.4. The lowest BCUT2D eigenvalue weighted by Gasteiger charge is -2.22. The number of fused-ring (bicyclic) bond motifs is 1. The minimum absolute atomic E-state index is 0. The molecule has 0 saturated carbocycles. The topological polar surface area (TPSA) is 98.4 Å². The van der Waals surface area contributed by atoms with Crippen LogP contribution in [-0.4, -0.2) is 29.3 Å². The molecule has 1 heterocycles. The van der Waals surface area contributed by atoms with Crippen LogP contribution in [-0.2, 0) is 16.0 Å². The van der Waals surface area contributed by atoms with Gasteiger partial charge < -0.3 is 16.8 Å². The van der Waals surface area contributed by atoms with Gasteiger partial charge in [-0.25, -0.2) is 0 Å². The van der Waals surface area contributed by atoms with E-state index in [1.165, 1.54) is 16.3 Å². The summed E-state index contributed by atoms with van der Waals surface area (Å²) in [4.78, 5) is 25.4. The van der Waals surface area contributed by atoms with Gasteiger partial charge in [-0.05, 0) is 35.6 Å². The highest BCUT2D eigenvalue weighted by Crippen LogP contribution is 2.22. The number of benzene rings is 2. The SMILES string of the molecule is N.NC(=O)[C@@H]1CCCN1C(=O)CCc1cccc2ccccc12.[HH].[HH]. The van der Waals surface area contributed by atoms with E-state index < -0.39 is 11.9 Å². The van der Waals surface area contributed by atoms with Crippen molar-refractivity contribution in [2.75, 3.05) is 6.54 Å². The van der Waals surface area contributed by atoms with E-state index in [0.717, 1.165) is 6.42 Å². The number of carbonyl (C=O) groups excluding carboxylic acids is 2. The highest BCUT2D eigenvalue weighted by Gasteiger charge is 2.32. The largest absolute Gasteiger partial charge is 0.368 e. The summed E-state index contributed by atoms with van der Waals surface area (Å²) in [6.07, 6.45) is 2.64. The second-order valence-electron chi connectivity index (χ2n) is 5.79. The van der Waals surface area contributed by atoms with Gasteiger partial charge in [0.2, 0.25) is 11.8 Å². The molecule has 1 atom stereocenters. The number of amides is 2. The van der Waals surface area contributed by atoms with E-state index in [0.29, 0.717) is 25.8 Å².